The number of aliphatic hydroxyl groups excluding tert-OH is 1. The number of tetrazole rings is 1. The van der Waals surface area contributed by atoms with Crippen molar-refractivity contribution in [2.45, 2.75) is 45.2 Å². The number of unbranched alkanes of at least 4 members (excludes halogenated alkanes) is 1. The van der Waals surface area contributed by atoms with Crippen LogP contribution in [0.5, 0.6) is 0 Å². The second kappa shape index (κ2) is 14.3. The van der Waals surface area contributed by atoms with Crippen molar-refractivity contribution in [3.05, 3.63) is 112 Å². The predicted octanol–water partition coefficient (Wildman–Crippen LogP) is 0.191. The minimum absolute atomic E-state index is 0. The Kier molecular flexibility index (Phi) is 10.7. The van der Waals surface area contributed by atoms with E-state index < -0.39 is 6.04 Å². The number of fused-ring (bicyclic) bond motifs is 3. The number of halogens is 1. The second-order valence-corrected chi connectivity index (χ2v) is 11.4. The van der Waals surface area contributed by atoms with Crippen molar-refractivity contribution in [3.63, 3.8) is 0 Å². The topological polar surface area (TPSA) is 113 Å². The summed E-state index contributed by atoms with van der Waals surface area (Å²) in [5.41, 5.74) is 6.92. The van der Waals surface area contributed by atoms with E-state index in [2.05, 4.69) is 62.4 Å². The van der Waals surface area contributed by atoms with E-state index in [1.165, 1.54) is 0 Å². The number of carbonyl (C=O) groups excluding carboxylic acids is 1. The van der Waals surface area contributed by atoms with E-state index in [0.29, 0.717) is 41.5 Å². The molecule has 5 aromatic rings. The van der Waals surface area contributed by atoms with Gasteiger partial charge in [-0.1, -0.05) is 85.6 Å². The molecule has 0 saturated heterocycles. The number of benzene rings is 3. The molecular weight excluding hydrogens is 608 g/mol. The van der Waals surface area contributed by atoms with Crippen LogP contribution in [0, 0.1) is 0 Å². The average Bonchev–Trinajstić information content (AvgIpc) is 3.75. The normalized spacial score (nSPS) is 15.4. The molecule has 1 amide bonds. The summed E-state index contributed by atoms with van der Waals surface area (Å²) in [6, 6.07) is 22.9. The van der Waals surface area contributed by atoms with Crippen LogP contribution in [0.1, 0.15) is 54.1 Å². The Labute approximate surface area is 310 Å². The molecular formula is C33H30ClN7Na2O2+2. The predicted molar refractivity (Wildman–Crippen MR) is 164 cm³/mol. The van der Waals surface area contributed by atoms with Crippen molar-refractivity contribution in [1.29, 1.82) is 0 Å². The van der Waals surface area contributed by atoms with Gasteiger partial charge in [0.1, 0.15) is 17.6 Å². The monoisotopic (exact) mass is 637 g/mol. The van der Waals surface area contributed by atoms with Gasteiger partial charge in [0.25, 0.3) is 5.91 Å². The summed E-state index contributed by atoms with van der Waals surface area (Å²) in [6.45, 7) is 3.26. The average molecular weight is 638 g/mol. The molecule has 45 heavy (non-hydrogen) atoms. The number of aryl methyl sites for hydroxylation is 1. The molecule has 2 aliphatic heterocycles. The summed E-state index contributed by atoms with van der Waals surface area (Å²) in [7, 11) is 0. The standard InChI is InChI=1S/C33H30ClN7O2.2Na/c1-2-3-8-27-35-26-17-18-40-30(31(42)28(33(40)43)22-13-15-23(34)16-14-22)29(26)41(27)19-20-9-11-21(12-10-20)24-6-4-5-7-25(24)32-36-38-39-37-32;;/h4-7,9-16,30,42H,2-3,8,17-19H2,1H3,(H,36,37,38,39);;/q;2*+1. The largest absolute Gasteiger partial charge is 1.00 e. The first-order valence-electron chi connectivity index (χ1n) is 14.5. The third-order valence-electron chi connectivity index (χ3n) is 8.32. The van der Waals surface area contributed by atoms with E-state index in [9.17, 15) is 9.90 Å². The van der Waals surface area contributed by atoms with Crippen LogP contribution in [-0.4, -0.2) is 52.6 Å². The van der Waals surface area contributed by atoms with E-state index in [1.807, 2.05) is 18.2 Å². The number of hydrogen-bond donors (Lipinski definition) is 2. The zero-order valence-electron chi connectivity index (χ0n) is 25.7. The molecule has 3 aromatic carbocycles. The minimum Gasteiger partial charge on any atom is -0.509 e. The molecule has 0 radical (unpaired) electrons. The van der Waals surface area contributed by atoms with Gasteiger partial charge in [-0.3, -0.25) is 4.79 Å². The van der Waals surface area contributed by atoms with Gasteiger partial charge in [0, 0.05) is 36.5 Å². The maximum Gasteiger partial charge on any atom is 1.00 e. The Morgan fingerprint density at radius 1 is 0.978 bits per heavy atom. The van der Waals surface area contributed by atoms with Gasteiger partial charge in [-0.05, 0) is 46.0 Å². The van der Waals surface area contributed by atoms with Crippen LogP contribution < -0.4 is 59.1 Å². The van der Waals surface area contributed by atoms with E-state index in [1.54, 1.807) is 29.2 Å². The molecule has 1 atom stereocenters. The number of aromatic nitrogens is 6. The summed E-state index contributed by atoms with van der Waals surface area (Å²) in [4.78, 5) is 20.5. The van der Waals surface area contributed by atoms with Crippen LogP contribution in [0.2, 0.25) is 5.02 Å². The molecule has 2 aliphatic rings. The Bertz CT molecular complexity index is 1840. The first-order chi connectivity index (χ1) is 21.0. The number of imidazole rings is 1. The van der Waals surface area contributed by atoms with E-state index >= 15 is 0 Å². The molecule has 12 heteroatoms. The second-order valence-electron chi connectivity index (χ2n) is 10.9. The Balaban J connectivity index is 0.00000200. The molecule has 2 aromatic heterocycles. The van der Waals surface area contributed by atoms with Gasteiger partial charge < -0.3 is 14.6 Å². The fraction of sp³-hybridized carbons (Fsp3) is 0.242. The first-order valence-corrected chi connectivity index (χ1v) is 14.9. The summed E-state index contributed by atoms with van der Waals surface area (Å²) < 4.78 is 2.22. The molecule has 0 bridgehead atoms. The fourth-order valence-corrected chi connectivity index (χ4v) is 6.34. The van der Waals surface area contributed by atoms with Gasteiger partial charge in [-0.2, -0.15) is 5.21 Å². The van der Waals surface area contributed by atoms with Crippen molar-refractivity contribution in [3.8, 4) is 22.5 Å². The number of nitrogens with one attached hydrogen (secondary N) is 1. The Hall–Kier alpha value is -2.76. The molecule has 0 aliphatic carbocycles. The summed E-state index contributed by atoms with van der Waals surface area (Å²) in [6.07, 6.45) is 3.53. The maximum absolute atomic E-state index is 13.6. The number of aliphatic hydroxyl groups is 1. The smallest absolute Gasteiger partial charge is 0.509 e. The van der Waals surface area contributed by atoms with Crippen molar-refractivity contribution in [2.24, 2.45) is 0 Å². The van der Waals surface area contributed by atoms with Crippen LogP contribution in [0.3, 0.4) is 0 Å². The molecule has 216 valence electrons. The van der Waals surface area contributed by atoms with Gasteiger partial charge in [-0.25, -0.2) is 4.98 Å². The molecule has 2 N–H and O–H groups in total. The Morgan fingerprint density at radius 2 is 1.69 bits per heavy atom. The summed E-state index contributed by atoms with van der Waals surface area (Å²) in [5.74, 6) is 1.44. The van der Waals surface area contributed by atoms with Crippen molar-refractivity contribution in [2.75, 3.05) is 6.54 Å². The summed E-state index contributed by atoms with van der Waals surface area (Å²) >= 11 is 6.10. The molecule has 0 spiro atoms. The molecule has 1 unspecified atom stereocenters. The van der Waals surface area contributed by atoms with E-state index in [4.69, 9.17) is 16.6 Å². The van der Waals surface area contributed by atoms with Crippen molar-refractivity contribution < 1.29 is 69.0 Å². The van der Waals surface area contributed by atoms with Crippen molar-refractivity contribution >= 4 is 23.1 Å². The molecule has 0 fully saturated rings. The molecule has 7 rings (SSSR count). The first kappa shape index (κ1) is 33.6. The zero-order chi connectivity index (χ0) is 29.5. The molecule has 9 nitrogen and oxygen atoms in total. The number of aromatic amines is 1. The van der Waals surface area contributed by atoms with Gasteiger partial charge in [0.15, 0.2) is 0 Å². The number of amides is 1. The van der Waals surface area contributed by atoms with Crippen molar-refractivity contribution in [1.82, 2.24) is 35.1 Å². The SMILES string of the molecule is CCCCc1nc2c(n1Cc1ccc(-c3ccccc3-c3nn[nH]n3)cc1)C1C(O)=C(c3ccc(Cl)cc3)C(=O)N1CC2.[Na+].[Na+]. The number of carbonyl (C=O) groups is 1. The van der Waals surface area contributed by atoms with Crippen LogP contribution >= 0.6 is 11.6 Å². The quantitative estimate of drug-likeness (QED) is 0.235. The molecule has 4 heterocycles. The van der Waals surface area contributed by atoms with Crippen LogP contribution in [0.25, 0.3) is 28.1 Å². The van der Waals surface area contributed by atoms with Gasteiger partial charge in [0.05, 0.1) is 17.0 Å². The van der Waals surface area contributed by atoms with Gasteiger partial charge in [0.2, 0.25) is 5.82 Å². The van der Waals surface area contributed by atoms with E-state index in [-0.39, 0.29) is 70.8 Å². The number of H-pyrrole nitrogens is 1. The third kappa shape index (κ3) is 6.32. The number of hydrogen-bond acceptors (Lipinski definition) is 6. The number of rotatable bonds is 8. The zero-order valence-corrected chi connectivity index (χ0v) is 30.4. The van der Waals surface area contributed by atoms with E-state index in [0.717, 1.165) is 58.7 Å². The Morgan fingerprint density at radius 3 is 2.38 bits per heavy atom. The minimum atomic E-state index is -0.564. The maximum atomic E-state index is 13.6. The van der Waals surface area contributed by atoms with Crippen LogP contribution in [0.15, 0.2) is 78.6 Å². The van der Waals surface area contributed by atoms with Crippen LogP contribution in [-0.2, 0) is 24.2 Å². The van der Waals surface area contributed by atoms with Gasteiger partial charge in [-0.15, -0.1) is 10.2 Å². The summed E-state index contributed by atoms with van der Waals surface area (Å²) in [5, 5.41) is 26.8. The third-order valence-corrected chi connectivity index (χ3v) is 8.57. The van der Waals surface area contributed by atoms with Gasteiger partial charge >= 0.3 is 59.1 Å². The fourth-order valence-electron chi connectivity index (χ4n) is 6.21. The number of nitrogens with zero attached hydrogens (tertiary/aromatic N) is 6. The van der Waals surface area contributed by atoms with Crippen LogP contribution in [0.4, 0.5) is 0 Å². The molecule has 0 saturated carbocycles.